The van der Waals surface area contributed by atoms with E-state index in [-0.39, 0.29) is 0 Å². The molecule has 0 aromatic heterocycles. The maximum Gasteiger partial charge on any atom is 0.123 e. The van der Waals surface area contributed by atoms with Crippen LogP contribution in [0.1, 0.15) is 31.0 Å². The van der Waals surface area contributed by atoms with Gasteiger partial charge in [-0.2, -0.15) is 0 Å². The zero-order valence-corrected chi connectivity index (χ0v) is 12.3. The number of rotatable bonds is 7. The topological polar surface area (TPSA) is 24.5 Å². The molecule has 1 N–H and O–H groups in total. The van der Waals surface area contributed by atoms with E-state index in [0.29, 0.717) is 6.04 Å². The van der Waals surface area contributed by atoms with Gasteiger partial charge in [0.2, 0.25) is 0 Å². The van der Waals surface area contributed by atoms with Crippen LogP contribution in [0.3, 0.4) is 0 Å². The average molecular weight is 250 g/mol. The molecule has 1 aromatic rings. The Kier molecular flexibility index (Phi) is 6.16. The van der Waals surface area contributed by atoms with Gasteiger partial charge in [0.05, 0.1) is 7.11 Å². The molecule has 1 aromatic carbocycles. The van der Waals surface area contributed by atoms with Gasteiger partial charge in [0, 0.05) is 24.7 Å². The summed E-state index contributed by atoms with van der Waals surface area (Å²) in [5, 5.41) is 3.54. The van der Waals surface area contributed by atoms with Crippen LogP contribution in [0.2, 0.25) is 0 Å². The van der Waals surface area contributed by atoms with E-state index in [4.69, 9.17) is 4.74 Å². The quantitative estimate of drug-likeness (QED) is 0.805. The van der Waals surface area contributed by atoms with Crippen molar-refractivity contribution in [2.75, 3.05) is 33.8 Å². The molecule has 0 bridgehead atoms. The fourth-order valence-corrected chi connectivity index (χ4v) is 1.93. The van der Waals surface area contributed by atoms with E-state index in [1.807, 2.05) is 6.07 Å². The fourth-order valence-electron chi connectivity index (χ4n) is 1.93. The summed E-state index contributed by atoms with van der Waals surface area (Å²) in [6, 6.07) is 6.63. The number of nitrogens with one attached hydrogen (secondary N) is 1. The van der Waals surface area contributed by atoms with Gasteiger partial charge in [-0.15, -0.1) is 0 Å². The number of ether oxygens (including phenoxy) is 1. The zero-order valence-electron chi connectivity index (χ0n) is 12.3. The highest BCUT2D eigenvalue weighted by Gasteiger charge is 2.11. The second-order valence-electron chi connectivity index (χ2n) is 4.82. The minimum absolute atomic E-state index is 0.310. The molecule has 1 unspecified atom stereocenters. The predicted octanol–water partition coefficient (Wildman–Crippen LogP) is 2.61. The number of aryl methyl sites for hydroxylation is 1. The Hall–Kier alpha value is -1.06. The van der Waals surface area contributed by atoms with Crippen molar-refractivity contribution in [1.82, 2.24) is 10.2 Å². The van der Waals surface area contributed by atoms with Crippen molar-refractivity contribution < 1.29 is 4.74 Å². The van der Waals surface area contributed by atoms with Gasteiger partial charge in [0.15, 0.2) is 0 Å². The van der Waals surface area contributed by atoms with Gasteiger partial charge in [0.1, 0.15) is 5.75 Å². The lowest BCUT2D eigenvalue weighted by atomic mass is 10.0. The molecule has 0 aliphatic heterocycles. The number of likely N-dealkylation sites (N-methyl/N-ethyl adjacent to an activating group) is 1. The number of nitrogens with zero attached hydrogens (tertiary/aromatic N) is 1. The number of methoxy groups -OCH3 is 1. The third-order valence-corrected chi connectivity index (χ3v) is 3.34. The lowest BCUT2D eigenvalue weighted by molar-refractivity contribution is 0.340. The summed E-state index contributed by atoms with van der Waals surface area (Å²) < 4.78 is 5.42. The molecule has 102 valence electrons. The van der Waals surface area contributed by atoms with E-state index in [9.17, 15) is 0 Å². The summed E-state index contributed by atoms with van der Waals surface area (Å²) >= 11 is 0. The van der Waals surface area contributed by atoms with Crippen LogP contribution in [0.4, 0.5) is 0 Å². The van der Waals surface area contributed by atoms with Crippen LogP contribution in [0.15, 0.2) is 18.2 Å². The molecule has 3 nitrogen and oxygen atoms in total. The van der Waals surface area contributed by atoms with Crippen LogP contribution < -0.4 is 10.1 Å². The number of hydrogen-bond donors (Lipinski definition) is 1. The van der Waals surface area contributed by atoms with Crippen molar-refractivity contribution in [3.05, 3.63) is 29.3 Å². The van der Waals surface area contributed by atoms with Gasteiger partial charge in [-0.3, -0.25) is 0 Å². The molecule has 0 radical (unpaired) electrons. The average Bonchev–Trinajstić information content (AvgIpc) is 2.38. The third-order valence-electron chi connectivity index (χ3n) is 3.34. The molecule has 1 atom stereocenters. The minimum Gasteiger partial charge on any atom is -0.496 e. The van der Waals surface area contributed by atoms with Gasteiger partial charge < -0.3 is 15.0 Å². The van der Waals surface area contributed by atoms with Crippen LogP contribution >= 0.6 is 0 Å². The molecule has 0 amide bonds. The van der Waals surface area contributed by atoms with Crippen molar-refractivity contribution >= 4 is 0 Å². The first-order valence-electron chi connectivity index (χ1n) is 6.65. The van der Waals surface area contributed by atoms with Gasteiger partial charge in [0.25, 0.3) is 0 Å². The monoisotopic (exact) mass is 250 g/mol. The minimum atomic E-state index is 0.310. The lowest BCUT2D eigenvalue weighted by Gasteiger charge is -2.20. The smallest absolute Gasteiger partial charge is 0.123 e. The Morgan fingerprint density at radius 1 is 1.39 bits per heavy atom. The van der Waals surface area contributed by atoms with Crippen LogP contribution in [-0.2, 0) is 0 Å². The van der Waals surface area contributed by atoms with Crippen molar-refractivity contribution in [1.29, 1.82) is 0 Å². The first-order valence-corrected chi connectivity index (χ1v) is 6.65. The molecule has 0 spiro atoms. The summed E-state index contributed by atoms with van der Waals surface area (Å²) in [6.07, 6.45) is 0. The van der Waals surface area contributed by atoms with Crippen molar-refractivity contribution in [2.45, 2.75) is 26.8 Å². The molecule has 0 heterocycles. The van der Waals surface area contributed by atoms with Gasteiger partial charge in [-0.25, -0.2) is 0 Å². The first kappa shape index (κ1) is 15.0. The Morgan fingerprint density at radius 2 is 2.11 bits per heavy atom. The second kappa shape index (κ2) is 7.39. The SMILES string of the molecule is CCN(C)CCNC(C)c1cc(C)ccc1OC. The standard InChI is InChI=1S/C15H26N2O/c1-6-17(4)10-9-16-13(3)14-11-12(2)7-8-15(14)18-5/h7-8,11,13,16H,6,9-10H2,1-5H3. The molecule has 1 rings (SSSR count). The Morgan fingerprint density at radius 3 is 2.72 bits per heavy atom. The normalized spacial score (nSPS) is 12.8. The highest BCUT2D eigenvalue weighted by molar-refractivity contribution is 5.38. The summed E-state index contributed by atoms with van der Waals surface area (Å²) in [5.74, 6) is 0.962. The summed E-state index contributed by atoms with van der Waals surface area (Å²) in [4.78, 5) is 2.30. The largest absolute Gasteiger partial charge is 0.496 e. The van der Waals surface area contributed by atoms with Crippen LogP contribution in [0.25, 0.3) is 0 Å². The Bertz CT molecular complexity index is 366. The Balaban J connectivity index is 2.60. The molecule has 18 heavy (non-hydrogen) atoms. The maximum absolute atomic E-state index is 5.42. The molecule has 3 heteroatoms. The molecule has 0 aliphatic rings. The summed E-state index contributed by atoms with van der Waals surface area (Å²) in [6.45, 7) is 9.61. The molecule has 0 saturated carbocycles. The molecule has 0 aliphatic carbocycles. The third kappa shape index (κ3) is 4.31. The van der Waals surface area contributed by atoms with E-state index >= 15 is 0 Å². The fraction of sp³-hybridized carbons (Fsp3) is 0.600. The molecule has 0 fully saturated rings. The first-order chi connectivity index (χ1) is 8.58. The zero-order chi connectivity index (χ0) is 13.5. The molecular weight excluding hydrogens is 224 g/mol. The maximum atomic E-state index is 5.42. The molecule has 0 saturated heterocycles. The number of hydrogen-bond acceptors (Lipinski definition) is 3. The van der Waals surface area contributed by atoms with Crippen LogP contribution in [-0.4, -0.2) is 38.7 Å². The number of benzene rings is 1. The van der Waals surface area contributed by atoms with E-state index in [2.05, 4.69) is 50.2 Å². The van der Waals surface area contributed by atoms with Crippen molar-refractivity contribution in [2.24, 2.45) is 0 Å². The van der Waals surface area contributed by atoms with E-state index < -0.39 is 0 Å². The highest BCUT2D eigenvalue weighted by atomic mass is 16.5. The lowest BCUT2D eigenvalue weighted by Crippen LogP contribution is -2.30. The summed E-state index contributed by atoms with van der Waals surface area (Å²) in [5.41, 5.74) is 2.50. The van der Waals surface area contributed by atoms with Gasteiger partial charge in [-0.1, -0.05) is 24.6 Å². The van der Waals surface area contributed by atoms with Crippen molar-refractivity contribution in [3.63, 3.8) is 0 Å². The second-order valence-corrected chi connectivity index (χ2v) is 4.82. The van der Waals surface area contributed by atoms with Gasteiger partial charge in [-0.05, 0) is 33.5 Å². The van der Waals surface area contributed by atoms with E-state index in [1.54, 1.807) is 7.11 Å². The summed E-state index contributed by atoms with van der Waals surface area (Å²) in [7, 11) is 3.87. The van der Waals surface area contributed by atoms with Gasteiger partial charge >= 0.3 is 0 Å². The van der Waals surface area contributed by atoms with E-state index in [1.165, 1.54) is 11.1 Å². The van der Waals surface area contributed by atoms with E-state index in [0.717, 1.165) is 25.4 Å². The van der Waals surface area contributed by atoms with Crippen LogP contribution in [0, 0.1) is 6.92 Å². The molecular formula is C15H26N2O. The Labute approximate surface area is 111 Å². The van der Waals surface area contributed by atoms with Crippen LogP contribution in [0.5, 0.6) is 5.75 Å². The van der Waals surface area contributed by atoms with Crippen molar-refractivity contribution in [3.8, 4) is 5.75 Å². The predicted molar refractivity (Wildman–Crippen MR) is 77.3 cm³/mol. The highest BCUT2D eigenvalue weighted by Crippen LogP contribution is 2.25.